The molecule has 5 unspecified atom stereocenters. The number of aldehydes is 1. The van der Waals surface area contributed by atoms with Gasteiger partial charge in [-0.2, -0.15) is 0 Å². The lowest BCUT2D eigenvalue weighted by molar-refractivity contribution is -0.199. The van der Waals surface area contributed by atoms with Crippen molar-refractivity contribution in [1.29, 1.82) is 0 Å². The molecule has 0 fully saturated rings. The van der Waals surface area contributed by atoms with Crippen molar-refractivity contribution < 1.29 is 90.7 Å². The fourth-order valence-corrected chi connectivity index (χ4v) is 4.36. The molecule has 0 aliphatic heterocycles. The summed E-state index contributed by atoms with van der Waals surface area (Å²) in [5, 5.41) is 144. The van der Waals surface area contributed by atoms with E-state index in [1.54, 1.807) is 0 Å². The van der Waals surface area contributed by atoms with E-state index < -0.39 is 122 Å². The number of phenolic OH excluding ortho intramolecular Hbond substituents is 9. The molecule has 0 aliphatic carbocycles. The number of rotatable bonds is 11. The van der Waals surface area contributed by atoms with Crippen LogP contribution in [0, 0.1) is 0 Å². The summed E-state index contributed by atoms with van der Waals surface area (Å²) in [7, 11) is 0. The van der Waals surface area contributed by atoms with E-state index in [-0.39, 0.29) is 12.1 Å². The summed E-state index contributed by atoms with van der Waals surface area (Å²) in [5.74, 6) is -17.3. The van der Waals surface area contributed by atoms with Crippen molar-refractivity contribution in [2.75, 3.05) is 0 Å². The first-order valence-corrected chi connectivity index (χ1v) is 12.1. The van der Waals surface area contributed by atoms with Crippen molar-refractivity contribution in [2.24, 2.45) is 0 Å². The topological polar surface area (TPSA) is 352 Å². The Morgan fingerprint density at radius 3 is 1.13 bits per heavy atom. The molecule has 3 rings (SSSR count). The average molecular weight is 636 g/mol. The molecule has 0 aromatic heterocycles. The molecular weight excluding hydrogens is 612 g/mol. The highest BCUT2D eigenvalue weighted by Gasteiger charge is 2.68. The summed E-state index contributed by atoms with van der Waals surface area (Å²) >= 11 is 0. The second kappa shape index (κ2) is 11.8. The first-order chi connectivity index (χ1) is 20.7. The highest BCUT2D eigenvalue weighted by Crippen LogP contribution is 2.43. The average Bonchev–Trinajstić information content (AvgIpc) is 3.00. The third kappa shape index (κ3) is 5.34. The Labute approximate surface area is 249 Å². The monoisotopic (exact) mass is 636 g/mol. The molecule has 0 spiro atoms. The number of aliphatic hydroxyl groups is 5. The predicted molar refractivity (Wildman–Crippen MR) is 141 cm³/mol. The van der Waals surface area contributed by atoms with Gasteiger partial charge in [-0.05, 0) is 36.4 Å². The number of Topliss-reactive ketones (excluding diaryl/α,β-unsaturated/α-hetero) is 3. The third-order valence-corrected chi connectivity index (χ3v) is 6.84. The van der Waals surface area contributed by atoms with Crippen LogP contribution in [-0.2, 0) is 4.79 Å². The van der Waals surface area contributed by atoms with Gasteiger partial charge in [0.15, 0.2) is 75.0 Å². The number of phenols is 9. The van der Waals surface area contributed by atoms with Gasteiger partial charge in [-0.15, -0.1) is 0 Å². The van der Waals surface area contributed by atoms with Gasteiger partial charge in [-0.1, -0.05) is 0 Å². The van der Waals surface area contributed by atoms with Gasteiger partial charge in [0.2, 0.25) is 11.6 Å². The van der Waals surface area contributed by atoms with E-state index in [2.05, 4.69) is 0 Å². The highest BCUT2D eigenvalue weighted by atomic mass is 16.4. The van der Waals surface area contributed by atoms with Crippen LogP contribution in [0.1, 0.15) is 31.1 Å². The minimum absolute atomic E-state index is 0.274. The quantitative estimate of drug-likeness (QED) is 0.0599. The number of hydrogen-bond donors (Lipinski definition) is 14. The predicted octanol–water partition coefficient (Wildman–Crippen LogP) is -2.27. The molecule has 0 amide bonds. The van der Waals surface area contributed by atoms with Gasteiger partial charge in [0, 0.05) is 16.7 Å². The van der Waals surface area contributed by atoms with E-state index in [0.717, 1.165) is 0 Å². The van der Waals surface area contributed by atoms with Crippen LogP contribution in [0.2, 0.25) is 0 Å². The SMILES string of the molecule is O=CC(O)C(O)(C(=O)c1cc(O)c(O)c(O)c1)C(O)(C(=O)c1cc(O)c(O)c(O)c1)C(O)C(O)C(=O)c1cc(O)c(O)c(O)c1. The van der Waals surface area contributed by atoms with Gasteiger partial charge in [0.1, 0.15) is 18.3 Å². The molecule has 3 aromatic rings. The Morgan fingerprint density at radius 2 is 0.822 bits per heavy atom. The number of hydrogen-bond acceptors (Lipinski definition) is 18. The first kappa shape index (κ1) is 33.8. The third-order valence-electron chi connectivity index (χ3n) is 6.84. The van der Waals surface area contributed by atoms with Crippen LogP contribution in [0.15, 0.2) is 36.4 Å². The molecular formula is C27H24O18. The number of benzene rings is 3. The maximum atomic E-state index is 13.8. The molecule has 45 heavy (non-hydrogen) atoms. The standard InChI is InChI=1S/C27H24O18/c28-7-17(35)26(44,23(41)9-3-13(31)20(38)14(32)4-9)27(45,24(42)10-5-15(33)21(39)16(34)6-10)25(43)22(40)18(36)8-1-11(29)19(37)12(30)2-8/h1-7,17,22,25,29-35,37-40,43-45H. The fourth-order valence-electron chi connectivity index (χ4n) is 4.36. The van der Waals surface area contributed by atoms with Gasteiger partial charge in [0.05, 0.1) is 0 Å². The summed E-state index contributed by atoms with van der Waals surface area (Å²) in [6, 6.07) is 1.97. The van der Waals surface area contributed by atoms with Crippen LogP contribution in [0.4, 0.5) is 0 Å². The largest absolute Gasteiger partial charge is 0.504 e. The Hall–Kier alpha value is -5.66. The maximum Gasteiger partial charge on any atom is 0.201 e. The van der Waals surface area contributed by atoms with Crippen LogP contribution in [0.25, 0.3) is 0 Å². The summed E-state index contributed by atoms with van der Waals surface area (Å²) in [6.07, 6.45) is -10.7. The number of aromatic hydroxyl groups is 9. The van der Waals surface area contributed by atoms with E-state index in [1.807, 2.05) is 0 Å². The fraction of sp³-hybridized carbons (Fsp3) is 0.185. The summed E-state index contributed by atoms with van der Waals surface area (Å²) in [4.78, 5) is 52.3. The number of carbonyl (C=O) groups is 4. The van der Waals surface area contributed by atoms with Crippen LogP contribution in [0.5, 0.6) is 51.7 Å². The van der Waals surface area contributed by atoms with Gasteiger partial charge in [0.25, 0.3) is 0 Å². The van der Waals surface area contributed by atoms with Crippen molar-refractivity contribution in [3.05, 3.63) is 53.1 Å². The smallest absolute Gasteiger partial charge is 0.201 e. The number of aliphatic hydroxyl groups excluding tert-OH is 3. The lowest BCUT2D eigenvalue weighted by Crippen LogP contribution is -2.76. The lowest BCUT2D eigenvalue weighted by Gasteiger charge is -2.45. The zero-order valence-corrected chi connectivity index (χ0v) is 22.2. The van der Waals surface area contributed by atoms with Crippen molar-refractivity contribution in [3.63, 3.8) is 0 Å². The maximum absolute atomic E-state index is 13.8. The molecule has 0 radical (unpaired) electrons. The van der Waals surface area contributed by atoms with Gasteiger partial charge >= 0.3 is 0 Å². The van der Waals surface area contributed by atoms with Crippen molar-refractivity contribution in [3.8, 4) is 51.7 Å². The van der Waals surface area contributed by atoms with Crippen molar-refractivity contribution in [2.45, 2.75) is 29.5 Å². The Bertz CT molecular complexity index is 1650. The Morgan fingerprint density at radius 1 is 0.533 bits per heavy atom. The summed E-state index contributed by atoms with van der Waals surface area (Å²) in [5.41, 5.74) is -12.3. The Kier molecular flexibility index (Phi) is 8.86. The minimum atomic E-state index is -4.53. The zero-order chi connectivity index (χ0) is 34.3. The molecule has 0 saturated heterocycles. The van der Waals surface area contributed by atoms with Crippen molar-refractivity contribution in [1.82, 2.24) is 0 Å². The van der Waals surface area contributed by atoms with E-state index in [0.29, 0.717) is 24.3 Å². The Balaban J connectivity index is 2.37. The number of carbonyl (C=O) groups excluding carboxylic acids is 4. The molecule has 0 aliphatic rings. The van der Waals surface area contributed by atoms with Crippen LogP contribution in [0.3, 0.4) is 0 Å². The molecule has 18 heteroatoms. The zero-order valence-electron chi connectivity index (χ0n) is 22.2. The normalized spacial score (nSPS) is 16.0. The van der Waals surface area contributed by atoms with E-state index in [4.69, 9.17) is 0 Å². The van der Waals surface area contributed by atoms with E-state index >= 15 is 0 Å². The molecule has 0 heterocycles. The van der Waals surface area contributed by atoms with E-state index in [1.165, 1.54) is 0 Å². The molecule has 14 N–H and O–H groups in total. The summed E-state index contributed by atoms with van der Waals surface area (Å²) < 4.78 is 0. The van der Waals surface area contributed by atoms with Crippen molar-refractivity contribution >= 4 is 23.6 Å². The molecule has 0 saturated carbocycles. The van der Waals surface area contributed by atoms with Crippen LogP contribution < -0.4 is 0 Å². The van der Waals surface area contributed by atoms with Gasteiger partial charge in [-0.25, -0.2) is 0 Å². The van der Waals surface area contributed by atoms with Crippen LogP contribution in [-0.4, -0.2) is 125 Å². The molecule has 240 valence electrons. The van der Waals surface area contributed by atoms with Gasteiger partial charge in [-0.3, -0.25) is 14.4 Å². The summed E-state index contributed by atoms with van der Waals surface area (Å²) in [6.45, 7) is 0. The first-order valence-electron chi connectivity index (χ1n) is 12.1. The molecule has 5 atom stereocenters. The second-order valence-corrected chi connectivity index (χ2v) is 9.62. The molecule has 18 nitrogen and oxygen atoms in total. The lowest BCUT2D eigenvalue weighted by atomic mass is 9.66. The molecule has 3 aromatic carbocycles. The van der Waals surface area contributed by atoms with E-state index in [9.17, 15) is 90.7 Å². The van der Waals surface area contributed by atoms with Gasteiger partial charge < -0.3 is 76.3 Å². The number of ketones is 3. The highest BCUT2D eigenvalue weighted by molar-refractivity contribution is 6.15. The molecule has 0 bridgehead atoms. The van der Waals surface area contributed by atoms with Crippen LogP contribution >= 0.6 is 0 Å². The minimum Gasteiger partial charge on any atom is -0.504 e. The second-order valence-electron chi connectivity index (χ2n) is 9.62.